The maximum absolute atomic E-state index is 12.2. The van der Waals surface area contributed by atoms with Crippen molar-refractivity contribution < 1.29 is 24.8 Å². The van der Waals surface area contributed by atoms with Crippen LogP contribution in [0.2, 0.25) is 0 Å². The molecular formula is C22H35NO5. The second-order valence-corrected chi connectivity index (χ2v) is 10.7. The molecule has 0 amide bonds. The van der Waals surface area contributed by atoms with Gasteiger partial charge in [0.1, 0.15) is 0 Å². The van der Waals surface area contributed by atoms with Crippen LogP contribution in [0.4, 0.5) is 0 Å². The fourth-order valence-corrected chi connectivity index (χ4v) is 9.94. The van der Waals surface area contributed by atoms with Gasteiger partial charge in [-0.2, -0.15) is 0 Å². The number of likely N-dealkylation sites (tertiary alicyclic amines) is 1. The van der Waals surface area contributed by atoms with E-state index >= 15 is 0 Å². The number of ether oxygens (including phenoxy) is 2. The van der Waals surface area contributed by atoms with Crippen molar-refractivity contribution in [3.05, 3.63) is 0 Å². The maximum Gasteiger partial charge on any atom is 0.0771 e. The quantitative estimate of drug-likeness (QED) is 0.647. The van der Waals surface area contributed by atoms with E-state index in [-0.39, 0.29) is 59.4 Å². The van der Waals surface area contributed by atoms with E-state index in [2.05, 4.69) is 11.8 Å². The summed E-state index contributed by atoms with van der Waals surface area (Å²) in [5.74, 6) is 1.02. The number of rotatable bonds is 3. The molecular weight excluding hydrogens is 358 g/mol. The Balaban J connectivity index is 1.58. The molecule has 0 aromatic rings. The summed E-state index contributed by atoms with van der Waals surface area (Å²) in [6.07, 6.45) is 2.27. The summed E-state index contributed by atoms with van der Waals surface area (Å²) in [6, 6.07) is 0.281. The summed E-state index contributed by atoms with van der Waals surface area (Å²) in [5.41, 5.74) is -0.941. The summed E-state index contributed by atoms with van der Waals surface area (Å²) < 4.78 is 11.9. The molecule has 28 heavy (non-hydrogen) atoms. The molecule has 0 radical (unpaired) electrons. The Labute approximate surface area is 167 Å². The first kappa shape index (κ1) is 18.5. The van der Waals surface area contributed by atoms with Crippen LogP contribution in [-0.4, -0.2) is 83.6 Å². The normalized spacial score (nSPS) is 64.3. The van der Waals surface area contributed by atoms with Gasteiger partial charge in [-0.05, 0) is 31.2 Å². The number of aliphatic hydroxyl groups excluding tert-OH is 2. The predicted molar refractivity (Wildman–Crippen MR) is 101 cm³/mol. The molecule has 6 nitrogen and oxygen atoms in total. The zero-order valence-electron chi connectivity index (χ0n) is 17.2. The lowest BCUT2D eigenvalue weighted by molar-refractivity contribution is -0.269. The number of methoxy groups -OCH3 is 2. The van der Waals surface area contributed by atoms with Crippen LogP contribution in [0.1, 0.15) is 32.6 Å². The van der Waals surface area contributed by atoms with Crippen molar-refractivity contribution in [1.82, 2.24) is 4.90 Å². The number of aliphatic hydroxyl groups is 3. The van der Waals surface area contributed by atoms with E-state index in [1.807, 2.05) is 0 Å². The van der Waals surface area contributed by atoms with Crippen molar-refractivity contribution >= 4 is 0 Å². The molecule has 158 valence electrons. The van der Waals surface area contributed by atoms with E-state index in [9.17, 15) is 15.3 Å². The van der Waals surface area contributed by atoms with Crippen LogP contribution in [0.15, 0.2) is 0 Å². The van der Waals surface area contributed by atoms with E-state index in [0.29, 0.717) is 18.8 Å². The minimum Gasteiger partial charge on any atom is -0.393 e. The van der Waals surface area contributed by atoms with Gasteiger partial charge < -0.3 is 24.8 Å². The molecule has 1 heterocycles. The van der Waals surface area contributed by atoms with E-state index in [4.69, 9.17) is 9.47 Å². The third-order valence-corrected chi connectivity index (χ3v) is 10.5. The van der Waals surface area contributed by atoms with Gasteiger partial charge in [0.25, 0.3) is 0 Å². The third-order valence-electron chi connectivity index (χ3n) is 10.5. The topological polar surface area (TPSA) is 82.4 Å². The van der Waals surface area contributed by atoms with Crippen LogP contribution in [0.3, 0.4) is 0 Å². The zero-order chi connectivity index (χ0) is 19.6. The molecule has 3 N–H and O–H groups in total. The highest BCUT2D eigenvalue weighted by atomic mass is 16.5. The Morgan fingerprint density at radius 2 is 1.79 bits per heavy atom. The number of piperidine rings is 1. The van der Waals surface area contributed by atoms with Crippen LogP contribution in [0, 0.1) is 40.9 Å². The first-order chi connectivity index (χ1) is 13.4. The minimum atomic E-state index is -0.878. The molecule has 6 heteroatoms. The molecule has 6 aliphatic rings. The standard InChI is InChI=1S/C22H35NO5/c1-4-23-9-11-12-6-14-20(23)22(12,17(28-3)7-15(11)24)13-5-10-16(27-2)8-21(14,26)18(13)19(10)25/h10-20,24-26H,4-9H2,1-3H3/t10-,11+,12-,13-,14+,15-,16+,17+,18-,19+,20+,21+,22+/m1/s1. The highest BCUT2D eigenvalue weighted by Gasteiger charge is 2.82. The molecule has 1 saturated heterocycles. The summed E-state index contributed by atoms with van der Waals surface area (Å²) in [4.78, 5) is 2.54. The zero-order valence-corrected chi connectivity index (χ0v) is 17.2. The van der Waals surface area contributed by atoms with Crippen LogP contribution in [0.25, 0.3) is 0 Å². The molecule has 6 fully saturated rings. The molecule has 13 atom stereocenters. The Kier molecular flexibility index (Phi) is 3.78. The van der Waals surface area contributed by atoms with Gasteiger partial charge >= 0.3 is 0 Å². The molecule has 5 aliphatic carbocycles. The van der Waals surface area contributed by atoms with Gasteiger partial charge in [0.05, 0.1) is 30.0 Å². The largest absolute Gasteiger partial charge is 0.393 e. The lowest BCUT2D eigenvalue weighted by Crippen LogP contribution is -2.75. The molecule has 0 aromatic heterocycles. The van der Waals surface area contributed by atoms with Crippen molar-refractivity contribution in [2.45, 2.75) is 68.7 Å². The summed E-state index contributed by atoms with van der Waals surface area (Å²) >= 11 is 0. The van der Waals surface area contributed by atoms with Gasteiger partial charge in [0.2, 0.25) is 0 Å². The minimum absolute atomic E-state index is 0.00445. The Bertz CT molecular complexity index is 675. The van der Waals surface area contributed by atoms with Gasteiger partial charge in [-0.3, -0.25) is 4.90 Å². The monoisotopic (exact) mass is 393 g/mol. The lowest BCUT2D eigenvalue weighted by Gasteiger charge is -2.67. The number of hydrogen-bond donors (Lipinski definition) is 3. The van der Waals surface area contributed by atoms with Gasteiger partial charge in [-0.1, -0.05) is 6.92 Å². The average molecular weight is 394 g/mol. The molecule has 0 unspecified atom stereocenters. The second kappa shape index (κ2) is 5.71. The highest BCUT2D eigenvalue weighted by Crippen LogP contribution is 2.77. The van der Waals surface area contributed by atoms with Crippen LogP contribution >= 0.6 is 0 Å². The number of nitrogens with zero attached hydrogens (tertiary/aromatic N) is 1. The van der Waals surface area contributed by atoms with Crippen molar-refractivity contribution in [3.8, 4) is 0 Å². The Hall–Kier alpha value is -0.240. The smallest absolute Gasteiger partial charge is 0.0771 e. The van der Waals surface area contributed by atoms with Gasteiger partial charge in [0.15, 0.2) is 0 Å². The van der Waals surface area contributed by atoms with Crippen molar-refractivity contribution in [1.29, 1.82) is 0 Å². The predicted octanol–water partition coefficient (Wildman–Crippen LogP) is 0.485. The molecule has 6 rings (SSSR count). The SMILES string of the molecule is CCN1C[C@@H]2[C@H](O)C[C@H](OC)[C@@]34[C@@H]2C[C@@H]([C@H]13)[C@@]1(O)C[C@H](OC)[C@H]2C[C@@H]4[C@@H]1[C@H]2O. The van der Waals surface area contributed by atoms with Crippen molar-refractivity contribution in [2.24, 2.45) is 40.9 Å². The van der Waals surface area contributed by atoms with Gasteiger partial charge in [0, 0.05) is 68.7 Å². The summed E-state index contributed by atoms with van der Waals surface area (Å²) in [6.45, 7) is 4.06. The first-order valence-corrected chi connectivity index (χ1v) is 11.3. The lowest BCUT2D eigenvalue weighted by atomic mass is 9.45. The van der Waals surface area contributed by atoms with E-state index in [1.54, 1.807) is 14.2 Å². The van der Waals surface area contributed by atoms with E-state index < -0.39 is 11.7 Å². The van der Waals surface area contributed by atoms with Crippen LogP contribution in [0.5, 0.6) is 0 Å². The maximum atomic E-state index is 12.2. The first-order valence-electron chi connectivity index (χ1n) is 11.3. The molecule has 5 saturated carbocycles. The molecule has 1 spiro atoms. The molecule has 0 aromatic carbocycles. The van der Waals surface area contributed by atoms with Crippen LogP contribution < -0.4 is 0 Å². The Morgan fingerprint density at radius 3 is 2.46 bits per heavy atom. The number of fused-ring (bicyclic) bond motifs is 2. The average Bonchev–Trinajstić information content (AvgIpc) is 3.07. The fraction of sp³-hybridized carbons (Fsp3) is 1.00. The molecule has 7 bridgehead atoms. The van der Waals surface area contributed by atoms with Crippen molar-refractivity contribution in [3.63, 3.8) is 0 Å². The van der Waals surface area contributed by atoms with E-state index in [0.717, 1.165) is 25.9 Å². The third kappa shape index (κ3) is 1.76. The fourth-order valence-electron chi connectivity index (χ4n) is 9.94. The van der Waals surface area contributed by atoms with Crippen molar-refractivity contribution in [2.75, 3.05) is 27.3 Å². The van der Waals surface area contributed by atoms with Crippen LogP contribution in [-0.2, 0) is 9.47 Å². The van der Waals surface area contributed by atoms with Gasteiger partial charge in [-0.25, -0.2) is 0 Å². The highest BCUT2D eigenvalue weighted by molar-refractivity contribution is 5.32. The Morgan fingerprint density at radius 1 is 1.00 bits per heavy atom. The molecule has 1 aliphatic heterocycles. The van der Waals surface area contributed by atoms with E-state index in [1.165, 1.54) is 0 Å². The second-order valence-electron chi connectivity index (χ2n) is 10.7. The summed E-state index contributed by atoms with van der Waals surface area (Å²) in [5, 5.41) is 34.5. The number of hydrogen-bond acceptors (Lipinski definition) is 6. The summed E-state index contributed by atoms with van der Waals surface area (Å²) in [7, 11) is 3.52. The van der Waals surface area contributed by atoms with Gasteiger partial charge in [-0.15, -0.1) is 0 Å².